The number of Topliss-reactive ketones (excluding diaryl/α,β-unsaturated/α-hetero) is 1. The van der Waals surface area contributed by atoms with Gasteiger partial charge >= 0.3 is 5.97 Å². The lowest BCUT2D eigenvalue weighted by Gasteiger charge is -2.22. The Hall–Kier alpha value is -2.08. The zero-order valence-corrected chi connectivity index (χ0v) is 15.6. The van der Waals surface area contributed by atoms with Crippen molar-refractivity contribution < 1.29 is 23.8 Å². The summed E-state index contributed by atoms with van der Waals surface area (Å²) >= 11 is 0. The Morgan fingerprint density at radius 3 is 2.46 bits per heavy atom. The van der Waals surface area contributed by atoms with Gasteiger partial charge in [0.2, 0.25) is 0 Å². The van der Waals surface area contributed by atoms with Crippen molar-refractivity contribution in [3.8, 4) is 11.5 Å². The Bertz CT molecular complexity index is 668. The van der Waals surface area contributed by atoms with E-state index in [9.17, 15) is 9.59 Å². The molecule has 1 N–H and O–H groups in total. The first-order chi connectivity index (χ1) is 12.5. The third-order valence-corrected chi connectivity index (χ3v) is 5.49. The van der Waals surface area contributed by atoms with Gasteiger partial charge in [0.1, 0.15) is 11.8 Å². The summed E-state index contributed by atoms with van der Waals surface area (Å²) in [6.45, 7) is 2.07. The minimum Gasteiger partial charge on any atom is -0.493 e. The summed E-state index contributed by atoms with van der Waals surface area (Å²) in [7, 11) is 2.97. The maximum atomic E-state index is 12.2. The van der Waals surface area contributed by atoms with Crippen LogP contribution in [0, 0.1) is 5.92 Å². The van der Waals surface area contributed by atoms with Crippen molar-refractivity contribution in [3.05, 3.63) is 23.8 Å². The zero-order chi connectivity index (χ0) is 18.7. The van der Waals surface area contributed by atoms with E-state index in [1.54, 1.807) is 7.11 Å². The Morgan fingerprint density at radius 2 is 1.85 bits per heavy atom. The molecule has 142 valence electrons. The van der Waals surface area contributed by atoms with Gasteiger partial charge in [-0.05, 0) is 50.3 Å². The van der Waals surface area contributed by atoms with E-state index in [0.717, 1.165) is 18.4 Å². The van der Waals surface area contributed by atoms with Crippen LogP contribution < -0.4 is 14.8 Å². The minimum atomic E-state index is -0.608. The largest absolute Gasteiger partial charge is 0.493 e. The van der Waals surface area contributed by atoms with E-state index < -0.39 is 17.9 Å². The SMILES string of the molecule is COC(=O)C1NCC(c2ccc(OC)c(OC3CCCC3)c2)C1C(C)=O. The number of ketones is 1. The van der Waals surface area contributed by atoms with Crippen molar-refractivity contribution >= 4 is 11.8 Å². The number of esters is 1. The summed E-state index contributed by atoms with van der Waals surface area (Å²) in [4.78, 5) is 24.3. The second-order valence-electron chi connectivity index (χ2n) is 7.09. The Labute approximate surface area is 154 Å². The highest BCUT2D eigenvalue weighted by atomic mass is 16.5. The maximum absolute atomic E-state index is 12.2. The van der Waals surface area contributed by atoms with Crippen LogP contribution in [0.15, 0.2) is 18.2 Å². The number of rotatable bonds is 6. The predicted molar refractivity (Wildman–Crippen MR) is 96.6 cm³/mol. The average molecular weight is 361 g/mol. The summed E-state index contributed by atoms with van der Waals surface area (Å²) in [5.74, 6) is 0.424. The van der Waals surface area contributed by atoms with Gasteiger partial charge in [0.15, 0.2) is 11.5 Å². The lowest BCUT2D eigenvalue weighted by Crippen LogP contribution is -2.39. The fourth-order valence-corrected chi connectivity index (χ4v) is 4.14. The molecular formula is C20H27NO5. The van der Waals surface area contributed by atoms with Crippen LogP contribution in [-0.2, 0) is 14.3 Å². The molecule has 2 fully saturated rings. The molecule has 3 rings (SSSR count). The third kappa shape index (κ3) is 3.70. The molecule has 1 aromatic carbocycles. The molecule has 1 saturated heterocycles. The van der Waals surface area contributed by atoms with Gasteiger partial charge in [-0.3, -0.25) is 9.59 Å². The summed E-state index contributed by atoms with van der Waals surface area (Å²) in [6, 6.07) is 5.17. The molecule has 1 saturated carbocycles. The predicted octanol–water partition coefficient (Wildman–Crippen LogP) is 2.45. The number of hydrogen-bond acceptors (Lipinski definition) is 6. The van der Waals surface area contributed by atoms with Crippen molar-refractivity contribution in [2.45, 2.75) is 50.7 Å². The average Bonchev–Trinajstić information content (AvgIpc) is 3.30. The summed E-state index contributed by atoms with van der Waals surface area (Å²) < 4.78 is 16.5. The van der Waals surface area contributed by atoms with E-state index in [2.05, 4.69) is 5.32 Å². The number of benzene rings is 1. The van der Waals surface area contributed by atoms with Crippen LogP contribution in [0.1, 0.15) is 44.1 Å². The molecule has 0 radical (unpaired) electrons. The smallest absolute Gasteiger partial charge is 0.323 e. The van der Waals surface area contributed by atoms with E-state index >= 15 is 0 Å². The van der Waals surface area contributed by atoms with Crippen molar-refractivity contribution in [2.24, 2.45) is 5.92 Å². The number of nitrogens with one attached hydrogen (secondary N) is 1. The van der Waals surface area contributed by atoms with Gasteiger partial charge in [-0.1, -0.05) is 6.07 Å². The molecule has 3 atom stereocenters. The molecule has 2 aliphatic rings. The molecule has 3 unspecified atom stereocenters. The minimum absolute atomic E-state index is 0.0236. The first-order valence-electron chi connectivity index (χ1n) is 9.21. The number of carbonyl (C=O) groups is 2. The highest BCUT2D eigenvalue weighted by Crippen LogP contribution is 2.39. The number of carbonyl (C=O) groups excluding carboxylic acids is 2. The van der Waals surface area contributed by atoms with Crippen LogP contribution in [0.25, 0.3) is 0 Å². The first-order valence-corrected chi connectivity index (χ1v) is 9.21. The Kier molecular flexibility index (Phi) is 5.81. The number of methoxy groups -OCH3 is 2. The molecule has 6 heteroatoms. The molecule has 1 aliphatic carbocycles. The first kappa shape index (κ1) is 18.7. The van der Waals surface area contributed by atoms with Gasteiger partial charge in [-0.25, -0.2) is 0 Å². The highest BCUT2D eigenvalue weighted by molar-refractivity contribution is 5.89. The summed E-state index contributed by atoms with van der Waals surface area (Å²) in [5, 5.41) is 3.14. The quantitative estimate of drug-likeness (QED) is 0.785. The highest BCUT2D eigenvalue weighted by Gasteiger charge is 2.44. The van der Waals surface area contributed by atoms with E-state index in [1.165, 1.54) is 26.9 Å². The molecule has 1 aromatic rings. The van der Waals surface area contributed by atoms with E-state index in [4.69, 9.17) is 14.2 Å². The molecule has 26 heavy (non-hydrogen) atoms. The van der Waals surface area contributed by atoms with Crippen molar-refractivity contribution in [1.82, 2.24) is 5.32 Å². The van der Waals surface area contributed by atoms with Crippen LogP contribution in [0.4, 0.5) is 0 Å². The Balaban J connectivity index is 1.87. The number of hydrogen-bond donors (Lipinski definition) is 1. The van der Waals surface area contributed by atoms with Crippen molar-refractivity contribution in [3.63, 3.8) is 0 Å². The Morgan fingerprint density at radius 1 is 1.12 bits per heavy atom. The fourth-order valence-electron chi connectivity index (χ4n) is 4.14. The molecular weight excluding hydrogens is 334 g/mol. The molecule has 0 spiro atoms. The monoisotopic (exact) mass is 361 g/mol. The van der Waals surface area contributed by atoms with Crippen molar-refractivity contribution in [2.75, 3.05) is 20.8 Å². The van der Waals surface area contributed by atoms with E-state index in [0.29, 0.717) is 18.0 Å². The fraction of sp³-hybridized carbons (Fsp3) is 0.600. The van der Waals surface area contributed by atoms with Gasteiger partial charge in [0.05, 0.1) is 26.2 Å². The zero-order valence-electron chi connectivity index (χ0n) is 15.6. The topological polar surface area (TPSA) is 73.9 Å². The third-order valence-electron chi connectivity index (χ3n) is 5.49. The second kappa shape index (κ2) is 8.08. The van der Waals surface area contributed by atoms with Crippen LogP contribution in [0.3, 0.4) is 0 Å². The molecule has 0 amide bonds. The van der Waals surface area contributed by atoms with Gasteiger partial charge in [0.25, 0.3) is 0 Å². The van der Waals surface area contributed by atoms with Crippen LogP contribution in [0.2, 0.25) is 0 Å². The van der Waals surface area contributed by atoms with E-state index in [-0.39, 0.29) is 17.8 Å². The van der Waals surface area contributed by atoms with Gasteiger partial charge in [0, 0.05) is 12.5 Å². The molecule has 0 bridgehead atoms. The van der Waals surface area contributed by atoms with Crippen molar-refractivity contribution in [1.29, 1.82) is 0 Å². The van der Waals surface area contributed by atoms with Gasteiger partial charge < -0.3 is 19.5 Å². The lowest BCUT2D eigenvalue weighted by atomic mass is 9.82. The summed E-state index contributed by atoms with van der Waals surface area (Å²) in [6.07, 6.45) is 4.70. The normalized spacial score (nSPS) is 25.9. The van der Waals surface area contributed by atoms with Crippen LogP contribution in [-0.4, -0.2) is 44.7 Å². The standard InChI is InChI=1S/C20H27NO5/c1-12(22)18-15(11-21-19(18)20(23)25-3)13-8-9-16(24-2)17(10-13)26-14-6-4-5-7-14/h8-10,14-15,18-19,21H,4-7,11H2,1-3H3. The molecule has 1 aliphatic heterocycles. The van der Waals surface area contributed by atoms with Gasteiger partial charge in [-0.15, -0.1) is 0 Å². The molecule has 0 aromatic heterocycles. The maximum Gasteiger partial charge on any atom is 0.323 e. The molecule has 6 nitrogen and oxygen atoms in total. The van der Waals surface area contributed by atoms with Crippen LogP contribution in [0.5, 0.6) is 11.5 Å². The lowest BCUT2D eigenvalue weighted by molar-refractivity contribution is -0.145. The van der Waals surface area contributed by atoms with Crippen LogP contribution >= 0.6 is 0 Å². The second-order valence-corrected chi connectivity index (χ2v) is 7.09. The van der Waals surface area contributed by atoms with Gasteiger partial charge in [-0.2, -0.15) is 0 Å². The number of ether oxygens (including phenoxy) is 3. The summed E-state index contributed by atoms with van der Waals surface area (Å²) in [5.41, 5.74) is 0.970. The van der Waals surface area contributed by atoms with E-state index in [1.807, 2.05) is 18.2 Å². The molecule has 1 heterocycles.